The lowest BCUT2D eigenvalue weighted by atomic mass is 10.1. The summed E-state index contributed by atoms with van der Waals surface area (Å²) in [4.78, 5) is 21.9. The molecule has 0 atom stereocenters. The molecule has 0 radical (unpaired) electrons. The number of carboxylic acids is 1. The second-order valence-corrected chi connectivity index (χ2v) is 4.01. The zero-order valence-corrected chi connectivity index (χ0v) is 9.67. The molecule has 0 unspecified atom stereocenters. The van der Waals surface area contributed by atoms with Crippen LogP contribution in [0.1, 0.15) is 27.1 Å². The molecular formula is C13H13NO4. The van der Waals surface area contributed by atoms with Gasteiger partial charge in [0.15, 0.2) is 6.29 Å². The summed E-state index contributed by atoms with van der Waals surface area (Å²) in [6.07, 6.45) is 2.98. The van der Waals surface area contributed by atoms with Crippen molar-refractivity contribution in [3.8, 4) is 0 Å². The molecule has 0 saturated carbocycles. The van der Waals surface area contributed by atoms with E-state index in [0.29, 0.717) is 24.0 Å². The first kappa shape index (κ1) is 12.3. The molecule has 0 spiro atoms. The van der Waals surface area contributed by atoms with Crippen molar-refractivity contribution in [1.82, 2.24) is 4.57 Å². The van der Waals surface area contributed by atoms with E-state index in [4.69, 9.17) is 10.2 Å². The number of aromatic nitrogens is 1. The highest BCUT2D eigenvalue weighted by atomic mass is 16.4. The number of hydrogen-bond donors (Lipinski definition) is 2. The Bertz CT molecular complexity index is 600. The zero-order chi connectivity index (χ0) is 13.1. The number of fused-ring (bicyclic) bond motifs is 1. The summed E-state index contributed by atoms with van der Waals surface area (Å²) in [7, 11) is 0. The highest BCUT2D eigenvalue weighted by Crippen LogP contribution is 2.22. The Labute approximate surface area is 103 Å². The second-order valence-electron chi connectivity index (χ2n) is 4.01. The van der Waals surface area contributed by atoms with Crippen LogP contribution in [0.15, 0.2) is 24.4 Å². The number of benzene rings is 1. The van der Waals surface area contributed by atoms with Crippen molar-refractivity contribution in [2.45, 2.75) is 13.0 Å². The van der Waals surface area contributed by atoms with Crippen LogP contribution < -0.4 is 0 Å². The van der Waals surface area contributed by atoms with Gasteiger partial charge in [-0.15, -0.1) is 0 Å². The molecular weight excluding hydrogens is 234 g/mol. The van der Waals surface area contributed by atoms with E-state index in [1.807, 2.05) is 0 Å². The van der Waals surface area contributed by atoms with E-state index in [9.17, 15) is 9.59 Å². The lowest BCUT2D eigenvalue weighted by Crippen LogP contribution is -2.00. The number of carbonyl (C=O) groups is 2. The highest BCUT2D eigenvalue weighted by molar-refractivity contribution is 6.00. The van der Waals surface area contributed by atoms with Crippen molar-refractivity contribution < 1.29 is 19.8 Å². The van der Waals surface area contributed by atoms with Crippen LogP contribution in [0, 0.1) is 0 Å². The van der Waals surface area contributed by atoms with Crippen LogP contribution in [-0.4, -0.2) is 33.6 Å². The van der Waals surface area contributed by atoms with Crippen molar-refractivity contribution in [3.63, 3.8) is 0 Å². The predicted octanol–water partition coefficient (Wildman–Crippen LogP) is 1.53. The van der Waals surface area contributed by atoms with E-state index in [1.165, 1.54) is 6.07 Å². The molecule has 5 heteroatoms. The van der Waals surface area contributed by atoms with Crippen molar-refractivity contribution in [1.29, 1.82) is 0 Å². The number of rotatable bonds is 5. The fraction of sp³-hybridized carbons (Fsp3) is 0.231. The Morgan fingerprint density at radius 1 is 1.39 bits per heavy atom. The van der Waals surface area contributed by atoms with Crippen molar-refractivity contribution >= 4 is 23.2 Å². The van der Waals surface area contributed by atoms with Gasteiger partial charge in [0.2, 0.25) is 0 Å². The first-order valence-corrected chi connectivity index (χ1v) is 5.59. The van der Waals surface area contributed by atoms with Gasteiger partial charge in [-0.25, -0.2) is 4.79 Å². The molecule has 0 amide bonds. The third-order valence-electron chi connectivity index (χ3n) is 2.84. The topological polar surface area (TPSA) is 79.5 Å². The van der Waals surface area contributed by atoms with E-state index in [-0.39, 0.29) is 12.2 Å². The van der Waals surface area contributed by atoms with Gasteiger partial charge in [-0.2, -0.15) is 0 Å². The van der Waals surface area contributed by atoms with Crippen molar-refractivity contribution in [3.05, 3.63) is 35.5 Å². The Kier molecular flexibility index (Phi) is 3.43. The molecule has 1 aromatic carbocycles. The molecule has 0 bridgehead atoms. The zero-order valence-electron chi connectivity index (χ0n) is 9.67. The van der Waals surface area contributed by atoms with Crippen molar-refractivity contribution in [2.24, 2.45) is 0 Å². The molecule has 5 nitrogen and oxygen atoms in total. The quantitative estimate of drug-likeness (QED) is 0.785. The Balaban J connectivity index is 2.57. The number of carboxylic acid groups (broad SMARTS) is 1. The summed E-state index contributed by atoms with van der Waals surface area (Å²) in [6, 6.07) is 4.66. The molecule has 1 aromatic heterocycles. The molecule has 18 heavy (non-hydrogen) atoms. The maximum atomic E-state index is 10.9. The molecule has 0 aliphatic carbocycles. The number of aldehydes is 1. The molecule has 0 saturated heterocycles. The fourth-order valence-corrected chi connectivity index (χ4v) is 1.97. The first-order valence-electron chi connectivity index (χ1n) is 5.59. The fourth-order valence-electron chi connectivity index (χ4n) is 1.97. The monoisotopic (exact) mass is 247 g/mol. The largest absolute Gasteiger partial charge is 0.478 e. The number of aromatic carboxylic acids is 1. The Hall–Kier alpha value is -2.14. The smallest absolute Gasteiger partial charge is 0.335 e. The van der Waals surface area contributed by atoms with Crippen LogP contribution in [0.5, 0.6) is 0 Å². The number of aliphatic hydroxyl groups excluding tert-OH is 1. The second kappa shape index (κ2) is 5.01. The summed E-state index contributed by atoms with van der Waals surface area (Å²) in [5.74, 6) is -1.00. The summed E-state index contributed by atoms with van der Waals surface area (Å²) < 4.78 is 1.79. The lowest BCUT2D eigenvalue weighted by Gasteiger charge is -2.04. The van der Waals surface area contributed by atoms with E-state index in [0.717, 1.165) is 11.7 Å². The van der Waals surface area contributed by atoms with Gasteiger partial charge >= 0.3 is 5.97 Å². The van der Waals surface area contributed by atoms with E-state index < -0.39 is 5.97 Å². The minimum Gasteiger partial charge on any atom is -0.478 e. The average Bonchev–Trinajstić information content (AvgIpc) is 2.73. The summed E-state index contributed by atoms with van der Waals surface area (Å²) >= 11 is 0. The van der Waals surface area contributed by atoms with Crippen LogP contribution in [0.4, 0.5) is 0 Å². The molecule has 2 N–H and O–H groups in total. The normalized spacial score (nSPS) is 10.7. The van der Waals surface area contributed by atoms with Crippen LogP contribution in [-0.2, 0) is 6.54 Å². The van der Waals surface area contributed by atoms with Crippen LogP contribution in [0.2, 0.25) is 0 Å². The molecule has 2 aromatic rings. The number of hydrogen-bond acceptors (Lipinski definition) is 3. The number of aliphatic hydroxyl groups is 1. The SMILES string of the molecule is O=Cc1cn(CCCO)c2cc(C(=O)O)ccc12. The molecule has 1 heterocycles. The highest BCUT2D eigenvalue weighted by Gasteiger charge is 2.11. The maximum absolute atomic E-state index is 10.9. The van der Waals surface area contributed by atoms with E-state index >= 15 is 0 Å². The van der Waals surface area contributed by atoms with Gasteiger partial charge in [-0.3, -0.25) is 4.79 Å². The van der Waals surface area contributed by atoms with Gasteiger partial charge in [0.25, 0.3) is 0 Å². The number of carbonyl (C=O) groups excluding carboxylic acids is 1. The molecule has 0 aliphatic heterocycles. The average molecular weight is 247 g/mol. The molecule has 94 valence electrons. The number of aryl methyl sites for hydroxylation is 1. The van der Waals surface area contributed by atoms with Crippen molar-refractivity contribution in [2.75, 3.05) is 6.61 Å². The number of nitrogens with zero attached hydrogens (tertiary/aromatic N) is 1. The molecule has 0 fully saturated rings. The third-order valence-corrected chi connectivity index (χ3v) is 2.84. The van der Waals surface area contributed by atoms with Crippen LogP contribution in [0.3, 0.4) is 0 Å². The Morgan fingerprint density at radius 2 is 2.17 bits per heavy atom. The van der Waals surface area contributed by atoms with Gasteiger partial charge in [0.1, 0.15) is 0 Å². The van der Waals surface area contributed by atoms with Crippen LogP contribution >= 0.6 is 0 Å². The molecule has 0 aliphatic rings. The van der Waals surface area contributed by atoms with Gasteiger partial charge in [-0.1, -0.05) is 6.07 Å². The third kappa shape index (κ3) is 2.12. The van der Waals surface area contributed by atoms with Gasteiger partial charge in [-0.05, 0) is 18.6 Å². The summed E-state index contributed by atoms with van der Waals surface area (Å²) in [5, 5.41) is 18.5. The van der Waals surface area contributed by atoms with Gasteiger partial charge in [0, 0.05) is 35.8 Å². The van der Waals surface area contributed by atoms with Gasteiger partial charge < -0.3 is 14.8 Å². The lowest BCUT2D eigenvalue weighted by molar-refractivity contribution is 0.0697. The van der Waals surface area contributed by atoms with E-state index in [2.05, 4.69) is 0 Å². The Morgan fingerprint density at radius 3 is 2.78 bits per heavy atom. The minimum atomic E-state index is -1.00. The van der Waals surface area contributed by atoms with Crippen LogP contribution in [0.25, 0.3) is 10.9 Å². The molecule has 2 rings (SSSR count). The summed E-state index contributed by atoms with van der Waals surface area (Å²) in [5.41, 5.74) is 1.41. The summed E-state index contributed by atoms with van der Waals surface area (Å²) in [6.45, 7) is 0.596. The maximum Gasteiger partial charge on any atom is 0.335 e. The first-order chi connectivity index (χ1) is 8.67. The predicted molar refractivity (Wildman–Crippen MR) is 66.0 cm³/mol. The van der Waals surface area contributed by atoms with E-state index in [1.54, 1.807) is 22.9 Å². The minimum absolute atomic E-state index is 0.0503. The van der Waals surface area contributed by atoms with Gasteiger partial charge in [0.05, 0.1) is 5.56 Å². The standard InChI is InChI=1S/C13H13NO4/c15-5-1-4-14-7-10(8-16)11-3-2-9(13(17)18)6-12(11)14/h2-3,6-8,15H,1,4-5H2,(H,17,18).